The quantitative estimate of drug-likeness (QED) is 0.858. The second kappa shape index (κ2) is 4.49. The van der Waals surface area contributed by atoms with Crippen molar-refractivity contribution >= 4 is 0 Å². The van der Waals surface area contributed by atoms with E-state index < -0.39 is 0 Å². The maximum atomic E-state index is 13.5. The van der Waals surface area contributed by atoms with Gasteiger partial charge in [-0.2, -0.15) is 0 Å². The fourth-order valence-corrected chi connectivity index (χ4v) is 1.75. The van der Waals surface area contributed by atoms with Gasteiger partial charge in [-0.05, 0) is 37.2 Å². The van der Waals surface area contributed by atoms with Gasteiger partial charge in [0.05, 0.1) is 18.6 Å². The van der Waals surface area contributed by atoms with E-state index in [1.54, 1.807) is 31.6 Å². The Kier molecular flexibility index (Phi) is 3.06. The van der Waals surface area contributed by atoms with E-state index in [1.165, 1.54) is 0 Å². The van der Waals surface area contributed by atoms with Crippen LogP contribution in [0.4, 0.5) is 4.39 Å². The molecule has 0 radical (unpaired) electrons. The van der Waals surface area contributed by atoms with E-state index in [2.05, 4.69) is 5.32 Å². The topological polar surface area (TPSA) is 25.2 Å². The number of furan rings is 1. The Morgan fingerprint density at radius 2 is 2.06 bits per heavy atom. The summed E-state index contributed by atoms with van der Waals surface area (Å²) in [7, 11) is 1.84. The van der Waals surface area contributed by atoms with Crippen molar-refractivity contribution in [2.75, 3.05) is 7.05 Å². The molecule has 0 aliphatic rings. The van der Waals surface area contributed by atoms with Crippen LogP contribution in [0.2, 0.25) is 0 Å². The van der Waals surface area contributed by atoms with E-state index in [9.17, 15) is 4.39 Å². The van der Waals surface area contributed by atoms with Crippen LogP contribution in [0.1, 0.15) is 22.7 Å². The minimum atomic E-state index is -0.179. The molecule has 1 aromatic heterocycles. The Morgan fingerprint density at radius 1 is 1.25 bits per heavy atom. The third-order valence-electron chi connectivity index (χ3n) is 2.69. The fourth-order valence-electron chi connectivity index (χ4n) is 1.75. The fraction of sp³-hybridized carbons (Fsp3) is 0.231. The van der Waals surface area contributed by atoms with Crippen molar-refractivity contribution in [2.45, 2.75) is 13.0 Å². The molecule has 0 fully saturated rings. The number of hydrogen-bond donors (Lipinski definition) is 1. The average Bonchev–Trinajstić information content (AvgIpc) is 2.78. The summed E-state index contributed by atoms with van der Waals surface area (Å²) in [5.74, 6) is -0.179. The van der Waals surface area contributed by atoms with Gasteiger partial charge in [0.2, 0.25) is 0 Å². The highest BCUT2D eigenvalue weighted by molar-refractivity contribution is 5.32. The van der Waals surface area contributed by atoms with Gasteiger partial charge < -0.3 is 9.73 Å². The molecule has 1 N–H and O–H groups in total. The molecule has 84 valence electrons. The summed E-state index contributed by atoms with van der Waals surface area (Å²) in [6.07, 6.45) is 3.28. The van der Waals surface area contributed by atoms with E-state index in [0.29, 0.717) is 5.56 Å². The molecule has 2 nitrogen and oxygen atoms in total. The second-order valence-electron chi connectivity index (χ2n) is 3.79. The van der Waals surface area contributed by atoms with Crippen LogP contribution in [0, 0.1) is 12.7 Å². The molecule has 0 aliphatic heterocycles. The summed E-state index contributed by atoms with van der Waals surface area (Å²) in [6.45, 7) is 1.76. The Balaban J connectivity index is 2.37. The summed E-state index contributed by atoms with van der Waals surface area (Å²) in [5.41, 5.74) is 2.54. The molecular formula is C13H14FNO. The van der Waals surface area contributed by atoms with Crippen LogP contribution in [0.3, 0.4) is 0 Å². The lowest BCUT2D eigenvalue weighted by atomic mass is 10.00. The van der Waals surface area contributed by atoms with Crippen LogP contribution < -0.4 is 5.32 Å². The van der Waals surface area contributed by atoms with Gasteiger partial charge in [0, 0.05) is 5.56 Å². The van der Waals surface area contributed by atoms with Crippen LogP contribution in [-0.4, -0.2) is 7.05 Å². The number of hydrogen-bond acceptors (Lipinski definition) is 2. The second-order valence-corrected chi connectivity index (χ2v) is 3.79. The Bertz CT molecular complexity index is 465. The maximum absolute atomic E-state index is 13.5. The average molecular weight is 219 g/mol. The maximum Gasteiger partial charge on any atom is 0.126 e. The van der Waals surface area contributed by atoms with Crippen molar-refractivity contribution in [1.29, 1.82) is 0 Å². The Morgan fingerprint density at radius 3 is 2.62 bits per heavy atom. The normalized spacial score (nSPS) is 12.7. The molecular weight excluding hydrogens is 205 g/mol. The molecule has 3 heteroatoms. The predicted octanol–water partition coefficient (Wildman–Crippen LogP) is 3.04. The smallest absolute Gasteiger partial charge is 0.126 e. The van der Waals surface area contributed by atoms with Crippen molar-refractivity contribution in [1.82, 2.24) is 5.32 Å². The lowest BCUT2D eigenvalue weighted by Gasteiger charge is -2.15. The van der Waals surface area contributed by atoms with Gasteiger partial charge in [0.15, 0.2) is 0 Å². The first-order valence-corrected chi connectivity index (χ1v) is 5.18. The van der Waals surface area contributed by atoms with Crippen LogP contribution >= 0.6 is 0 Å². The molecule has 0 saturated carbocycles. The summed E-state index contributed by atoms with van der Waals surface area (Å²) >= 11 is 0. The zero-order valence-corrected chi connectivity index (χ0v) is 9.33. The molecule has 0 saturated heterocycles. The van der Waals surface area contributed by atoms with Gasteiger partial charge >= 0.3 is 0 Å². The molecule has 0 bridgehead atoms. The molecule has 1 atom stereocenters. The van der Waals surface area contributed by atoms with E-state index >= 15 is 0 Å². The largest absolute Gasteiger partial charge is 0.472 e. The standard InChI is InChI=1S/C13H14FNO/c1-9-3-4-10(7-12(9)14)13(15-2)11-5-6-16-8-11/h3-8,13,15H,1-2H3. The molecule has 0 amide bonds. The molecule has 0 spiro atoms. The minimum absolute atomic E-state index is 0.0335. The predicted molar refractivity (Wildman–Crippen MR) is 60.7 cm³/mol. The summed E-state index contributed by atoms with van der Waals surface area (Å²) in [4.78, 5) is 0. The number of halogens is 1. The lowest BCUT2D eigenvalue weighted by molar-refractivity contribution is 0.556. The van der Waals surface area contributed by atoms with E-state index in [1.807, 2.05) is 19.2 Å². The van der Waals surface area contributed by atoms with Crippen LogP contribution in [0.25, 0.3) is 0 Å². The highest BCUT2D eigenvalue weighted by atomic mass is 19.1. The molecule has 2 aromatic rings. The molecule has 1 aromatic carbocycles. The molecule has 16 heavy (non-hydrogen) atoms. The van der Waals surface area contributed by atoms with Crippen molar-refractivity contribution in [2.24, 2.45) is 0 Å². The van der Waals surface area contributed by atoms with E-state index in [0.717, 1.165) is 11.1 Å². The van der Waals surface area contributed by atoms with Gasteiger partial charge in [-0.15, -0.1) is 0 Å². The molecule has 0 aliphatic carbocycles. The van der Waals surface area contributed by atoms with Crippen LogP contribution in [0.5, 0.6) is 0 Å². The highest BCUT2D eigenvalue weighted by Gasteiger charge is 2.14. The van der Waals surface area contributed by atoms with Gasteiger partial charge in [-0.25, -0.2) is 4.39 Å². The monoisotopic (exact) mass is 219 g/mol. The third-order valence-corrected chi connectivity index (χ3v) is 2.69. The van der Waals surface area contributed by atoms with E-state index in [-0.39, 0.29) is 11.9 Å². The zero-order valence-electron chi connectivity index (χ0n) is 9.33. The first-order valence-electron chi connectivity index (χ1n) is 5.18. The number of rotatable bonds is 3. The first kappa shape index (κ1) is 10.9. The van der Waals surface area contributed by atoms with Crippen LogP contribution in [0.15, 0.2) is 41.2 Å². The molecule has 2 rings (SSSR count). The van der Waals surface area contributed by atoms with E-state index in [4.69, 9.17) is 4.42 Å². The Hall–Kier alpha value is -1.61. The van der Waals surface area contributed by atoms with Crippen molar-refractivity contribution in [3.63, 3.8) is 0 Å². The lowest BCUT2D eigenvalue weighted by Crippen LogP contribution is -2.17. The summed E-state index contributed by atoms with van der Waals surface area (Å²) in [5, 5.41) is 3.14. The summed E-state index contributed by atoms with van der Waals surface area (Å²) in [6, 6.07) is 7.11. The number of benzene rings is 1. The highest BCUT2D eigenvalue weighted by Crippen LogP contribution is 2.23. The van der Waals surface area contributed by atoms with Gasteiger partial charge in [0.1, 0.15) is 5.82 Å². The zero-order chi connectivity index (χ0) is 11.5. The van der Waals surface area contributed by atoms with Gasteiger partial charge in [-0.3, -0.25) is 0 Å². The number of nitrogens with one attached hydrogen (secondary N) is 1. The summed E-state index contributed by atoms with van der Waals surface area (Å²) < 4.78 is 18.5. The van der Waals surface area contributed by atoms with Crippen molar-refractivity contribution in [3.8, 4) is 0 Å². The molecule has 1 unspecified atom stereocenters. The van der Waals surface area contributed by atoms with Crippen LogP contribution in [-0.2, 0) is 0 Å². The molecule has 1 heterocycles. The van der Waals surface area contributed by atoms with Crippen molar-refractivity contribution in [3.05, 3.63) is 59.3 Å². The Labute approximate surface area is 94.1 Å². The van der Waals surface area contributed by atoms with Gasteiger partial charge in [-0.1, -0.05) is 12.1 Å². The SMILES string of the molecule is CNC(c1ccoc1)c1ccc(C)c(F)c1. The minimum Gasteiger partial charge on any atom is -0.472 e. The first-order chi connectivity index (χ1) is 7.72. The van der Waals surface area contributed by atoms with Gasteiger partial charge in [0.25, 0.3) is 0 Å². The van der Waals surface area contributed by atoms with Crippen molar-refractivity contribution < 1.29 is 8.81 Å². The third kappa shape index (κ3) is 1.99. The number of aryl methyl sites for hydroxylation is 1.